The lowest BCUT2D eigenvalue weighted by Gasteiger charge is -2.20. The molecule has 0 bridgehead atoms. The van der Waals surface area contributed by atoms with Crippen molar-refractivity contribution in [2.24, 2.45) is 10.9 Å². The fourth-order valence-electron chi connectivity index (χ4n) is 4.22. The number of nitrogens with zero attached hydrogens (tertiary/aromatic N) is 5. The molecule has 11 nitrogen and oxygen atoms in total. The number of aromatic nitrogens is 4. The maximum Gasteiger partial charge on any atom is 0.328 e. The topological polar surface area (TPSA) is 141 Å². The van der Waals surface area contributed by atoms with E-state index < -0.39 is 20.3 Å². The van der Waals surface area contributed by atoms with Gasteiger partial charge in [0.05, 0.1) is 36.7 Å². The summed E-state index contributed by atoms with van der Waals surface area (Å²) < 4.78 is 32.5. The van der Waals surface area contributed by atoms with Crippen LogP contribution in [0, 0.1) is 25.6 Å². The van der Waals surface area contributed by atoms with Crippen molar-refractivity contribution in [3.63, 3.8) is 0 Å². The molecule has 1 fully saturated rings. The van der Waals surface area contributed by atoms with Crippen LogP contribution in [-0.2, 0) is 11.3 Å². The van der Waals surface area contributed by atoms with Crippen LogP contribution in [0.3, 0.4) is 0 Å². The Hall–Kier alpha value is -2.83. The standard InChI is InChI=1S/C24H29FN5O6PS/c1-14-9-17(20-19(34-3)11-27-15(2)21(20)25)18(10-26-14)22(31)28-23-30(13-36-37(32)33)29-24(38-23)35-12-16-7-5-4-6-8-16/h9-11,16,32-33H,4-8,12-13H2,1-3H3. The summed E-state index contributed by atoms with van der Waals surface area (Å²) in [4.78, 5) is 44.3. The molecule has 2 N–H and O–H groups in total. The first-order valence-corrected chi connectivity index (χ1v) is 14.0. The maximum absolute atomic E-state index is 15.2. The van der Waals surface area contributed by atoms with E-state index in [0.717, 1.165) is 24.2 Å². The second kappa shape index (κ2) is 12.8. The molecule has 3 aromatic rings. The number of rotatable bonds is 9. The van der Waals surface area contributed by atoms with Crippen LogP contribution in [0.15, 0.2) is 23.5 Å². The smallest absolute Gasteiger partial charge is 0.328 e. The summed E-state index contributed by atoms with van der Waals surface area (Å²) in [5.74, 6) is -0.749. The van der Waals surface area contributed by atoms with Crippen molar-refractivity contribution in [3.05, 3.63) is 46.0 Å². The number of hydrogen-bond donors (Lipinski definition) is 2. The first-order valence-electron chi connectivity index (χ1n) is 12.0. The average molecular weight is 566 g/mol. The molecule has 0 atom stereocenters. The van der Waals surface area contributed by atoms with E-state index in [4.69, 9.17) is 14.0 Å². The van der Waals surface area contributed by atoms with Gasteiger partial charge in [-0.3, -0.25) is 19.3 Å². The summed E-state index contributed by atoms with van der Waals surface area (Å²) in [5, 5.41) is 4.56. The largest absolute Gasteiger partial charge is 0.494 e. The van der Waals surface area contributed by atoms with Gasteiger partial charge in [0.1, 0.15) is 5.75 Å². The molecule has 1 saturated carbocycles. The maximum atomic E-state index is 15.2. The van der Waals surface area contributed by atoms with Gasteiger partial charge in [0.2, 0.25) is 4.80 Å². The second-order valence-corrected chi connectivity index (χ2v) is 10.5. The quantitative estimate of drug-likeness (QED) is 0.368. The van der Waals surface area contributed by atoms with Crippen LogP contribution in [0.5, 0.6) is 10.9 Å². The molecule has 14 heteroatoms. The lowest BCUT2D eigenvalue weighted by molar-refractivity contribution is 0.0996. The minimum absolute atomic E-state index is 0.0375. The highest BCUT2D eigenvalue weighted by Crippen LogP contribution is 2.36. The van der Waals surface area contributed by atoms with Crippen LogP contribution < -0.4 is 14.3 Å². The lowest BCUT2D eigenvalue weighted by Crippen LogP contribution is -2.20. The molecule has 38 heavy (non-hydrogen) atoms. The third-order valence-corrected chi connectivity index (χ3v) is 7.39. The highest BCUT2D eigenvalue weighted by atomic mass is 32.1. The Kier molecular flexibility index (Phi) is 9.50. The van der Waals surface area contributed by atoms with Crippen molar-refractivity contribution in [2.75, 3.05) is 13.7 Å². The first-order chi connectivity index (χ1) is 18.3. The van der Waals surface area contributed by atoms with Crippen molar-refractivity contribution >= 4 is 25.8 Å². The van der Waals surface area contributed by atoms with Crippen molar-refractivity contribution < 1.29 is 33.0 Å². The number of hydrogen-bond acceptors (Lipinski definition) is 10. The number of halogens is 1. The van der Waals surface area contributed by atoms with Gasteiger partial charge in [-0.15, -0.1) is 5.10 Å². The number of carbonyl (C=O) groups excluding carboxylic acids is 1. The average Bonchev–Trinajstić information content (AvgIpc) is 3.29. The summed E-state index contributed by atoms with van der Waals surface area (Å²) in [6, 6.07) is 1.58. The molecule has 0 radical (unpaired) electrons. The summed E-state index contributed by atoms with van der Waals surface area (Å²) >= 11 is 1.02. The summed E-state index contributed by atoms with van der Waals surface area (Å²) in [6.07, 6.45) is 8.45. The fourth-order valence-corrected chi connectivity index (χ4v) is 5.18. The molecule has 1 aliphatic rings. The molecule has 0 aromatic carbocycles. The Labute approximate surface area is 224 Å². The molecule has 0 aliphatic heterocycles. The SMILES string of the molecule is COc1cnc(C)c(F)c1-c1cc(C)ncc1C(=O)N=c1sc(OCC2CCCCC2)nn1COP(O)O. The lowest BCUT2D eigenvalue weighted by atomic mass is 9.90. The van der Waals surface area contributed by atoms with Crippen LogP contribution in [0.4, 0.5) is 4.39 Å². The van der Waals surface area contributed by atoms with Gasteiger partial charge < -0.3 is 19.3 Å². The van der Waals surface area contributed by atoms with Gasteiger partial charge in [-0.25, -0.2) is 9.07 Å². The van der Waals surface area contributed by atoms with Crippen molar-refractivity contribution in [2.45, 2.75) is 52.7 Å². The molecule has 1 amide bonds. The third kappa shape index (κ3) is 6.78. The van der Waals surface area contributed by atoms with Gasteiger partial charge in [0, 0.05) is 17.5 Å². The molecule has 3 aromatic heterocycles. The molecule has 204 valence electrons. The first kappa shape index (κ1) is 28.2. The van der Waals surface area contributed by atoms with Gasteiger partial charge in [0.15, 0.2) is 12.5 Å². The Balaban J connectivity index is 1.71. The molecular weight excluding hydrogens is 536 g/mol. The molecular formula is C24H29FN5O6PS. The second-order valence-electron chi connectivity index (χ2n) is 8.87. The zero-order chi connectivity index (χ0) is 27.2. The van der Waals surface area contributed by atoms with E-state index >= 15 is 4.39 Å². The van der Waals surface area contributed by atoms with Crippen LogP contribution in [0.1, 0.15) is 53.8 Å². The summed E-state index contributed by atoms with van der Waals surface area (Å²) in [7, 11) is -1.27. The Morgan fingerprint density at radius 1 is 1.24 bits per heavy atom. The minimum Gasteiger partial charge on any atom is -0.494 e. The Bertz CT molecular complexity index is 1360. The van der Waals surface area contributed by atoms with E-state index in [1.807, 2.05) is 0 Å². The number of methoxy groups -OCH3 is 1. The molecule has 4 rings (SSSR count). The number of ether oxygens (including phenoxy) is 2. The summed E-state index contributed by atoms with van der Waals surface area (Å²) in [5.41, 5.74) is 1.07. The van der Waals surface area contributed by atoms with Gasteiger partial charge in [-0.2, -0.15) is 4.99 Å². The molecule has 1 aliphatic carbocycles. The predicted molar refractivity (Wildman–Crippen MR) is 138 cm³/mol. The van der Waals surface area contributed by atoms with E-state index in [1.165, 1.54) is 50.4 Å². The van der Waals surface area contributed by atoms with E-state index in [-0.39, 0.29) is 44.9 Å². The van der Waals surface area contributed by atoms with Crippen molar-refractivity contribution in [3.8, 4) is 22.1 Å². The van der Waals surface area contributed by atoms with Crippen molar-refractivity contribution in [1.29, 1.82) is 0 Å². The van der Waals surface area contributed by atoms with Crippen LogP contribution in [-0.4, -0.2) is 49.2 Å². The monoisotopic (exact) mass is 565 g/mol. The van der Waals surface area contributed by atoms with E-state index in [9.17, 15) is 14.6 Å². The number of aryl methyl sites for hydroxylation is 2. The molecule has 0 spiro atoms. The van der Waals surface area contributed by atoms with E-state index in [1.54, 1.807) is 13.0 Å². The Morgan fingerprint density at radius 3 is 2.71 bits per heavy atom. The highest BCUT2D eigenvalue weighted by Gasteiger charge is 2.23. The van der Waals surface area contributed by atoms with Crippen molar-refractivity contribution in [1.82, 2.24) is 19.7 Å². The number of pyridine rings is 2. The predicted octanol–water partition coefficient (Wildman–Crippen LogP) is 4.05. The van der Waals surface area contributed by atoms with Gasteiger partial charge in [-0.05, 0) is 50.0 Å². The van der Waals surface area contributed by atoms with Crippen LogP contribution in [0.2, 0.25) is 0 Å². The normalized spacial score (nSPS) is 14.8. The number of carbonyl (C=O) groups is 1. The van der Waals surface area contributed by atoms with E-state index in [0.29, 0.717) is 18.2 Å². The van der Waals surface area contributed by atoms with Gasteiger partial charge in [-0.1, -0.05) is 19.3 Å². The molecule has 3 heterocycles. The highest BCUT2D eigenvalue weighted by molar-refractivity contribution is 7.39. The fraction of sp³-hybridized carbons (Fsp3) is 0.458. The molecule has 0 unspecified atom stereocenters. The third-order valence-electron chi connectivity index (χ3n) is 6.18. The van der Waals surface area contributed by atoms with Crippen LogP contribution >= 0.6 is 19.9 Å². The van der Waals surface area contributed by atoms with Crippen LogP contribution in [0.25, 0.3) is 11.1 Å². The Morgan fingerprint density at radius 2 is 2.00 bits per heavy atom. The summed E-state index contributed by atoms with van der Waals surface area (Å²) in [6.45, 7) is 3.37. The van der Waals surface area contributed by atoms with Gasteiger partial charge in [0.25, 0.3) is 11.1 Å². The minimum atomic E-state index is -2.66. The zero-order valence-electron chi connectivity index (χ0n) is 21.3. The van der Waals surface area contributed by atoms with Gasteiger partial charge >= 0.3 is 8.60 Å². The number of amides is 1. The zero-order valence-corrected chi connectivity index (χ0v) is 23.0. The van der Waals surface area contributed by atoms with E-state index in [2.05, 4.69) is 20.1 Å². The molecule has 0 saturated heterocycles.